The highest BCUT2D eigenvalue weighted by atomic mass is 35.5. The Morgan fingerprint density at radius 3 is 2.96 bits per heavy atom. The first kappa shape index (κ1) is 16.3. The molecule has 2 atom stereocenters. The molecule has 0 radical (unpaired) electrons. The second-order valence-corrected chi connectivity index (χ2v) is 6.46. The van der Waals surface area contributed by atoms with E-state index in [0.29, 0.717) is 18.1 Å². The molecular formula is C17H22ClN3O2. The standard InChI is InChI=1S/C17H22ClN3O2/c1-11-17(18)15(20-19-11)9-21-7-6-14(16(22)10-21)12-4-3-5-13(8-12)23-2/h3-5,8,14,16,22H,6-7,9-10H2,1-2H3,(H,19,20)/t14-,16+/m0/s1. The summed E-state index contributed by atoms with van der Waals surface area (Å²) in [4.78, 5) is 2.20. The minimum atomic E-state index is -0.408. The van der Waals surface area contributed by atoms with Crippen molar-refractivity contribution >= 4 is 11.6 Å². The molecule has 3 rings (SSSR count). The Labute approximate surface area is 141 Å². The van der Waals surface area contributed by atoms with Crippen LogP contribution in [0.15, 0.2) is 24.3 Å². The molecule has 6 heteroatoms. The van der Waals surface area contributed by atoms with Gasteiger partial charge in [-0.1, -0.05) is 23.7 Å². The number of hydrogen-bond acceptors (Lipinski definition) is 4. The normalized spacial score (nSPS) is 22.3. The van der Waals surface area contributed by atoms with Gasteiger partial charge in [-0.3, -0.25) is 10.00 Å². The van der Waals surface area contributed by atoms with Crippen molar-refractivity contribution in [1.82, 2.24) is 15.1 Å². The summed E-state index contributed by atoms with van der Waals surface area (Å²) in [6, 6.07) is 7.96. The van der Waals surface area contributed by atoms with Crippen LogP contribution in [-0.4, -0.2) is 46.5 Å². The second kappa shape index (κ2) is 6.91. The highest BCUT2D eigenvalue weighted by molar-refractivity contribution is 6.31. The molecule has 0 amide bonds. The quantitative estimate of drug-likeness (QED) is 0.902. The maximum Gasteiger partial charge on any atom is 0.119 e. The number of H-pyrrole nitrogens is 1. The van der Waals surface area contributed by atoms with E-state index in [4.69, 9.17) is 16.3 Å². The SMILES string of the molecule is COc1cccc([C@@H]2CCN(Cc3n[nH]c(C)c3Cl)C[C@H]2O)c1. The molecule has 0 bridgehead atoms. The Hall–Kier alpha value is -1.56. The number of halogens is 1. The van der Waals surface area contributed by atoms with Gasteiger partial charge in [0.25, 0.3) is 0 Å². The van der Waals surface area contributed by atoms with Crippen LogP contribution in [0.4, 0.5) is 0 Å². The smallest absolute Gasteiger partial charge is 0.119 e. The Morgan fingerprint density at radius 1 is 1.48 bits per heavy atom. The first-order valence-electron chi connectivity index (χ1n) is 7.82. The zero-order valence-corrected chi connectivity index (χ0v) is 14.2. The van der Waals surface area contributed by atoms with Gasteiger partial charge >= 0.3 is 0 Å². The lowest BCUT2D eigenvalue weighted by molar-refractivity contribution is 0.0471. The molecule has 0 saturated carbocycles. The number of aromatic amines is 1. The fourth-order valence-electron chi connectivity index (χ4n) is 3.18. The molecule has 1 aromatic carbocycles. The number of aliphatic hydroxyl groups is 1. The first-order valence-corrected chi connectivity index (χ1v) is 8.20. The van der Waals surface area contributed by atoms with E-state index in [-0.39, 0.29) is 5.92 Å². The molecule has 1 aliphatic rings. The predicted octanol–water partition coefficient (Wildman–Crippen LogP) is 2.73. The van der Waals surface area contributed by atoms with Crippen LogP contribution in [0.25, 0.3) is 0 Å². The van der Waals surface area contributed by atoms with Crippen molar-refractivity contribution in [2.75, 3.05) is 20.2 Å². The van der Waals surface area contributed by atoms with Gasteiger partial charge in [-0.15, -0.1) is 0 Å². The molecule has 2 N–H and O–H groups in total. The lowest BCUT2D eigenvalue weighted by Gasteiger charge is -2.36. The van der Waals surface area contributed by atoms with Gasteiger partial charge in [0, 0.05) is 19.0 Å². The van der Waals surface area contributed by atoms with Crippen LogP contribution >= 0.6 is 11.6 Å². The van der Waals surface area contributed by atoms with Crippen molar-refractivity contribution in [3.63, 3.8) is 0 Å². The maximum atomic E-state index is 10.6. The van der Waals surface area contributed by atoms with E-state index in [9.17, 15) is 5.11 Å². The molecule has 23 heavy (non-hydrogen) atoms. The van der Waals surface area contributed by atoms with Crippen LogP contribution in [0.3, 0.4) is 0 Å². The molecule has 1 aliphatic heterocycles. The van der Waals surface area contributed by atoms with Crippen molar-refractivity contribution in [2.24, 2.45) is 0 Å². The van der Waals surface area contributed by atoms with Gasteiger partial charge < -0.3 is 9.84 Å². The fourth-order valence-corrected chi connectivity index (χ4v) is 3.33. The molecule has 1 saturated heterocycles. The average Bonchev–Trinajstić information content (AvgIpc) is 2.87. The summed E-state index contributed by atoms with van der Waals surface area (Å²) in [7, 11) is 1.66. The van der Waals surface area contributed by atoms with Gasteiger partial charge in [-0.25, -0.2) is 0 Å². The minimum Gasteiger partial charge on any atom is -0.497 e. The summed E-state index contributed by atoms with van der Waals surface area (Å²) in [5.41, 5.74) is 2.86. The van der Waals surface area contributed by atoms with Crippen LogP contribution in [0.1, 0.15) is 29.3 Å². The number of piperidine rings is 1. The lowest BCUT2D eigenvalue weighted by atomic mass is 9.87. The number of aryl methyl sites for hydroxylation is 1. The number of rotatable bonds is 4. The van der Waals surface area contributed by atoms with E-state index in [1.54, 1.807) is 7.11 Å². The summed E-state index contributed by atoms with van der Waals surface area (Å²) >= 11 is 6.23. The first-order chi connectivity index (χ1) is 11.1. The molecule has 2 aromatic rings. The topological polar surface area (TPSA) is 61.4 Å². The largest absolute Gasteiger partial charge is 0.497 e. The highest BCUT2D eigenvalue weighted by Gasteiger charge is 2.29. The monoisotopic (exact) mass is 335 g/mol. The number of benzene rings is 1. The average molecular weight is 336 g/mol. The van der Waals surface area contributed by atoms with E-state index in [2.05, 4.69) is 21.2 Å². The second-order valence-electron chi connectivity index (χ2n) is 6.08. The number of ether oxygens (including phenoxy) is 1. The Balaban J connectivity index is 1.66. The number of nitrogens with zero attached hydrogens (tertiary/aromatic N) is 2. The van der Waals surface area contributed by atoms with Crippen LogP contribution in [-0.2, 0) is 6.54 Å². The molecule has 0 aliphatic carbocycles. The predicted molar refractivity (Wildman–Crippen MR) is 90.0 cm³/mol. The molecule has 2 heterocycles. The zero-order chi connectivity index (χ0) is 16.4. The third kappa shape index (κ3) is 3.52. The van der Waals surface area contributed by atoms with Gasteiger partial charge in [0.15, 0.2) is 0 Å². The lowest BCUT2D eigenvalue weighted by Crippen LogP contribution is -2.42. The summed E-state index contributed by atoms with van der Waals surface area (Å²) in [6.07, 6.45) is 0.490. The van der Waals surface area contributed by atoms with Gasteiger partial charge in [0.2, 0.25) is 0 Å². The molecule has 0 spiro atoms. The maximum absolute atomic E-state index is 10.6. The number of aromatic nitrogens is 2. The van der Waals surface area contributed by atoms with E-state index in [1.165, 1.54) is 0 Å². The van der Waals surface area contributed by atoms with Crippen molar-refractivity contribution in [2.45, 2.75) is 31.9 Å². The number of β-amino-alcohol motifs (C(OH)–C–C–N with tert-alkyl or cyclic N) is 1. The van der Waals surface area contributed by atoms with Crippen LogP contribution < -0.4 is 4.74 Å². The van der Waals surface area contributed by atoms with Crippen molar-refractivity contribution < 1.29 is 9.84 Å². The van der Waals surface area contributed by atoms with Crippen molar-refractivity contribution in [3.8, 4) is 5.75 Å². The number of aliphatic hydroxyl groups excluding tert-OH is 1. The molecule has 1 fully saturated rings. The van der Waals surface area contributed by atoms with Crippen molar-refractivity contribution in [3.05, 3.63) is 46.2 Å². The molecule has 5 nitrogen and oxygen atoms in total. The van der Waals surface area contributed by atoms with E-state index in [0.717, 1.165) is 35.7 Å². The Morgan fingerprint density at radius 2 is 2.30 bits per heavy atom. The summed E-state index contributed by atoms with van der Waals surface area (Å²) < 4.78 is 5.28. The summed E-state index contributed by atoms with van der Waals surface area (Å²) in [5, 5.41) is 18.4. The third-order valence-electron chi connectivity index (χ3n) is 4.50. The Kier molecular flexibility index (Phi) is 4.90. The number of nitrogens with one attached hydrogen (secondary N) is 1. The number of likely N-dealkylation sites (tertiary alicyclic amines) is 1. The Bertz CT molecular complexity index is 674. The molecular weight excluding hydrogens is 314 g/mol. The molecule has 1 aromatic heterocycles. The third-order valence-corrected chi connectivity index (χ3v) is 5.00. The number of methoxy groups -OCH3 is 1. The highest BCUT2D eigenvalue weighted by Crippen LogP contribution is 2.31. The van der Waals surface area contributed by atoms with Crippen molar-refractivity contribution in [1.29, 1.82) is 0 Å². The van der Waals surface area contributed by atoms with E-state index in [1.807, 2.05) is 25.1 Å². The van der Waals surface area contributed by atoms with Gasteiger partial charge in [-0.2, -0.15) is 5.10 Å². The van der Waals surface area contributed by atoms with Gasteiger partial charge in [0.05, 0.1) is 29.6 Å². The fraction of sp³-hybridized carbons (Fsp3) is 0.471. The van der Waals surface area contributed by atoms with Gasteiger partial charge in [0.1, 0.15) is 5.75 Å². The van der Waals surface area contributed by atoms with Gasteiger partial charge in [-0.05, 0) is 37.6 Å². The molecule has 0 unspecified atom stereocenters. The summed E-state index contributed by atoms with van der Waals surface area (Å²) in [6.45, 7) is 4.08. The van der Waals surface area contributed by atoms with Crippen LogP contribution in [0.2, 0.25) is 5.02 Å². The minimum absolute atomic E-state index is 0.137. The van der Waals surface area contributed by atoms with Crippen LogP contribution in [0, 0.1) is 6.92 Å². The molecule has 124 valence electrons. The zero-order valence-electron chi connectivity index (χ0n) is 13.4. The van der Waals surface area contributed by atoms with E-state index >= 15 is 0 Å². The summed E-state index contributed by atoms with van der Waals surface area (Å²) in [5.74, 6) is 0.966. The van der Waals surface area contributed by atoms with Crippen LogP contribution in [0.5, 0.6) is 5.75 Å². The number of hydrogen-bond donors (Lipinski definition) is 2. The van der Waals surface area contributed by atoms with E-state index < -0.39 is 6.10 Å².